The molecule has 1 aromatic carbocycles. The van der Waals surface area contributed by atoms with Crippen LogP contribution in [0.5, 0.6) is 0 Å². The molecule has 0 bridgehead atoms. The summed E-state index contributed by atoms with van der Waals surface area (Å²) in [6.07, 6.45) is 0.961. The molecule has 1 aromatic rings. The quantitative estimate of drug-likeness (QED) is 0.603. The van der Waals surface area contributed by atoms with E-state index in [9.17, 15) is 4.79 Å². The maximum atomic E-state index is 11.9. The lowest BCUT2D eigenvalue weighted by Gasteiger charge is -2.06. The van der Waals surface area contributed by atoms with Gasteiger partial charge in [-0.2, -0.15) is 0 Å². The van der Waals surface area contributed by atoms with Gasteiger partial charge in [0.25, 0.3) is 0 Å². The number of rotatable bonds is 7. The molecule has 0 radical (unpaired) electrons. The first-order chi connectivity index (χ1) is 9.18. The van der Waals surface area contributed by atoms with E-state index in [2.05, 4.69) is 24.0 Å². The molecule has 1 aliphatic carbocycles. The van der Waals surface area contributed by atoms with Gasteiger partial charge in [0.1, 0.15) is 0 Å². The fourth-order valence-electron chi connectivity index (χ4n) is 2.18. The highest BCUT2D eigenvalue weighted by Gasteiger charge is 2.43. The highest BCUT2D eigenvalue weighted by Crippen LogP contribution is 2.47. The number of hydrogen-bond donors (Lipinski definition) is 1. The monoisotopic (exact) mass is 259 g/mol. The summed E-state index contributed by atoms with van der Waals surface area (Å²) in [4.78, 5) is 11.9. The van der Waals surface area contributed by atoms with Gasteiger partial charge in [-0.05, 0) is 24.8 Å². The second kappa shape index (κ2) is 6.53. The Morgan fingerprint density at radius 2 is 2.16 bits per heavy atom. The number of benzene rings is 1. The van der Waals surface area contributed by atoms with Gasteiger partial charge in [0.05, 0.1) is 13.2 Å². The smallest absolute Gasteiger partial charge is 0.223 e. The van der Waals surface area contributed by atoms with Crippen molar-refractivity contribution in [3.05, 3.63) is 48.0 Å². The van der Waals surface area contributed by atoms with Crippen LogP contribution in [0.4, 0.5) is 0 Å². The molecule has 2 atom stereocenters. The van der Waals surface area contributed by atoms with Gasteiger partial charge in [0, 0.05) is 12.5 Å². The van der Waals surface area contributed by atoms with Crippen molar-refractivity contribution in [2.75, 3.05) is 19.8 Å². The van der Waals surface area contributed by atoms with E-state index in [1.54, 1.807) is 0 Å². The van der Waals surface area contributed by atoms with Crippen molar-refractivity contribution in [3.8, 4) is 0 Å². The van der Waals surface area contributed by atoms with Crippen LogP contribution in [0.1, 0.15) is 24.8 Å². The average molecular weight is 259 g/mol. The second-order valence-electron chi connectivity index (χ2n) is 5.16. The molecule has 1 saturated carbocycles. The van der Waals surface area contributed by atoms with E-state index in [4.69, 9.17) is 4.74 Å². The number of nitrogens with one attached hydrogen (secondary N) is 1. The third-order valence-corrected chi connectivity index (χ3v) is 3.25. The van der Waals surface area contributed by atoms with Crippen LogP contribution in [0.15, 0.2) is 42.5 Å². The van der Waals surface area contributed by atoms with Gasteiger partial charge in [-0.25, -0.2) is 0 Å². The van der Waals surface area contributed by atoms with Crippen LogP contribution in [-0.2, 0) is 9.53 Å². The standard InChI is InChI=1S/C16H21NO2/c1-12(2)11-19-9-8-17-16(18)15-10-14(15)13-6-4-3-5-7-13/h3-7,14-15H,1,8-11H2,2H3,(H,17,18). The summed E-state index contributed by atoms with van der Waals surface area (Å²) in [5.41, 5.74) is 2.26. The third kappa shape index (κ3) is 4.21. The Bertz CT molecular complexity index is 441. The minimum Gasteiger partial charge on any atom is -0.375 e. The zero-order valence-corrected chi connectivity index (χ0v) is 11.4. The molecule has 1 N–H and O–H groups in total. The normalized spacial score (nSPS) is 20.9. The van der Waals surface area contributed by atoms with Crippen molar-refractivity contribution >= 4 is 5.91 Å². The Labute approximate surface area is 114 Å². The van der Waals surface area contributed by atoms with Crippen molar-refractivity contribution in [3.63, 3.8) is 0 Å². The number of carbonyl (C=O) groups is 1. The van der Waals surface area contributed by atoms with Crippen LogP contribution < -0.4 is 5.32 Å². The summed E-state index contributed by atoms with van der Waals surface area (Å²) in [5, 5.41) is 2.92. The maximum absolute atomic E-state index is 11.9. The Morgan fingerprint density at radius 1 is 1.42 bits per heavy atom. The average Bonchev–Trinajstić information content (AvgIpc) is 3.19. The van der Waals surface area contributed by atoms with Crippen molar-refractivity contribution in [2.45, 2.75) is 19.3 Å². The van der Waals surface area contributed by atoms with Crippen LogP contribution in [0.2, 0.25) is 0 Å². The number of amides is 1. The molecule has 0 aliphatic heterocycles. The molecule has 102 valence electrons. The molecule has 0 saturated heterocycles. The van der Waals surface area contributed by atoms with Crippen molar-refractivity contribution in [2.24, 2.45) is 5.92 Å². The lowest BCUT2D eigenvalue weighted by Crippen LogP contribution is -2.29. The predicted octanol–water partition coefficient (Wildman–Crippen LogP) is 2.50. The third-order valence-electron chi connectivity index (χ3n) is 3.25. The summed E-state index contributed by atoms with van der Waals surface area (Å²) >= 11 is 0. The lowest BCUT2D eigenvalue weighted by molar-refractivity contribution is -0.122. The fourth-order valence-corrected chi connectivity index (χ4v) is 2.18. The van der Waals surface area contributed by atoms with Crippen LogP contribution in [0.3, 0.4) is 0 Å². The first-order valence-corrected chi connectivity index (χ1v) is 6.73. The Kier molecular flexibility index (Phi) is 4.74. The Balaban J connectivity index is 1.65. The largest absolute Gasteiger partial charge is 0.375 e. The van der Waals surface area contributed by atoms with Crippen LogP contribution >= 0.6 is 0 Å². The molecule has 2 unspecified atom stereocenters. The first kappa shape index (κ1) is 13.8. The highest BCUT2D eigenvalue weighted by atomic mass is 16.5. The van der Waals surface area contributed by atoms with Crippen molar-refractivity contribution in [1.82, 2.24) is 5.32 Å². The van der Waals surface area contributed by atoms with Gasteiger partial charge in [-0.3, -0.25) is 4.79 Å². The van der Waals surface area contributed by atoms with Gasteiger partial charge in [-0.1, -0.05) is 42.5 Å². The molecule has 0 heterocycles. The van der Waals surface area contributed by atoms with Gasteiger partial charge in [0.15, 0.2) is 0 Å². The molecule has 1 aliphatic rings. The molecule has 2 rings (SSSR count). The van der Waals surface area contributed by atoms with E-state index in [1.807, 2.05) is 25.1 Å². The number of hydrogen-bond acceptors (Lipinski definition) is 2. The highest BCUT2D eigenvalue weighted by molar-refractivity contribution is 5.82. The fraction of sp³-hybridized carbons (Fsp3) is 0.438. The zero-order valence-electron chi connectivity index (χ0n) is 11.4. The molecule has 0 aromatic heterocycles. The molecular weight excluding hydrogens is 238 g/mol. The summed E-state index contributed by atoms with van der Waals surface area (Å²) < 4.78 is 5.34. The van der Waals surface area contributed by atoms with Gasteiger partial charge >= 0.3 is 0 Å². The predicted molar refractivity (Wildman–Crippen MR) is 75.9 cm³/mol. The molecule has 19 heavy (non-hydrogen) atoms. The van der Waals surface area contributed by atoms with E-state index in [0.29, 0.717) is 25.7 Å². The molecule has 0 spiro atoms. The molecular formula is C16H21NO2. The summed E-state index contributed by atoms with van der Waals surface area (Å²) in [5.74, 6) is 0.689. The minimum absolute atomic E-state index is 0.142. The van der Waals surface area contributed by atoms with E-state index in [0.717, 1.165) is 12.0 Å². The topological polar surface area (TPSA) is 38.3 Å². The molecule has 1 amide bonds. The lowest BCUT2D eigenvalue weighted by atomic mass is 10.1. The summed E-state index contributed by atoms with van der Waals surface area (Å²) in [7, 11) is 0. The van der Waals surface area contributed by atoms with Crippen molar-refractivity contribution in [1.29, 1.82) is 0 Å². The maximum Gasteiger partial charge on any atom is 0.223 e. The molecule has 3 nitrogen and oxygen atoms in total. The SMILES string of the molecule is C=C(C)COCCNC(=O)C1CC1c1ccccc1. The first-order valence-electron chi connectivity index (χ1n) is 6.73. The number of carbonyl (C=O) groups excluding carboxylic acids is 1. The second-order valence-corrected chi connectivity index (χ2v) is 5.16. The van der Waals surface area contributed by atoms with Crippen LogP contribution in [0, 0.1) is 5.92 Å². The van der Waals surface area contributed by atoms with Gasteiger partial charge < -0.3 is 10.1 Å². The Morgan fingerprint density at radius 3 is 2.84 bits per heavy atom. The summed E-state index contributed by atoms with van der Waals surface area (Å²) in [6, 6.07) is 10.2. The number of ether oxygens (including phenoxy) is 1. The minimum atomic E-state index is 0.142. The van der Waals surface area contributed by atoms with E-state index in [1.165, 1.54) is 5.56 Å². The Hall–Kier alpha value is -1.61. The van der Waals surface area contributed by atoms with Gasteiger partial charge in [-0.15, -0.1) is 0 Å². The van der Waals surface area contributed by atoms with Crippen LogP contribution in [0.25, 0.3) is 0 Å². The van der Waals surface area contributed by atoms with Gasteiger partial charge in [0.2, 0.25) is 5.91 Å². The zero-order chi connectivity index (χ0) is 13.7. The molecule has 1 fully saturated rings. The summed E-state index contributed by atoms with van der Waals surface area (Å²) in [6.45, 7) is 7.36. The van der Waals surface area contributed by atoms with Crippen molar-refractivity contribution < 1.29 is 9.53 Å². The molecule has 3 heteroatoms. The van der Waals surface area contributed by atoms with Crippen LogP contribution in [-0.4, -0.2) is 25.7 Å². The van der Waals surface area contributed by atoms with E-state index < -0.39 is 0 Å². The van der Waals surface area contributed by atoms with E-state index in [-0.39, 0.29) is 11.8 Å². The van der Waals surface area contributed by atoms with E-state index >= 15 is 0 Å².